The normalized spacial score (nSPS) is 13.3. The summed E-state index contributed by atoms with van der Waals surface area (Å²) in [7, 11) is -3.82. The van der Waals surface area contributed by atoms with Crippen molar-refractivity contribution in [1.29, 1.82) is 0 Å². The fraction of sp³-hybridized carbons (Fsp3) is 0.286. The van der Waals surface area contributed by atoms with Gasteiger partial charge < -0.3 is 5.73 Å². The minimum Gasteiger partial charge on any atom is -0.398 e. The first-order valence-electron chi connectivity index (χ1n) is 6.35. The van der Waals surface area contributed by atoms with E-state index in [1.165, 1.54) is 24.3 Å². The number of hydrogen-bond donors (Lipinski definition) is 2. The number of sulfonamides is 1. The van der Waals surface area contributed by atoms with Crippen LogP contribution in [0.2, 0.25) is 0 Å². The largest absolute Gasteiger partial charge is 0.398 e. The van der Waals surface area contributed by atoms with Gasteiger partial charge >= 0.3 is 0 Å². The summed E-state index contributed by atoms with van der Waals surface area (Å²) in [6.45, 7) is 5.20. The van der Waals surface area contributed by atoms with Gasteiger partial charge in [0.2, 0.25) is 10.0 Å². The van der Waals surface area contributed by atoms with Gasteiger partial charge in [-0.1, -0.05) is 0 Å². The maximum absolute atomic E-state index is 13.7. The second-order valence-corrected chi connectivity index (χ2v) is 7.94. The lowest BCUT2D eigenvalue weighted by atomic mass is 10.2. The second kappa shape index (κ2) is 5.75. The zero-order valence-corrected chi connectivity index (χ0v) is 13.6. The Balaban J connectivity index is 2.30. The topological polar surface area (TPSA) is 72.2 Å². The molecule has 0 saturated heterocycles. The van der Waals surface area contributed by atoms with Crippen LogP contribution in [0.1, 0.15) is 28.3 Å². The van der Waals surface area contributed by atoms with Crippen molar-refractivity contribution in [2.24, 2.45) is 0 Å². The van der Waals surface area contributed by atoms with Crippen molar-refractivity contribution in [3.63, 3.8) is 0 Å². The first-order valence-corrected chi connectivity index (χ1v) is 8.65. The quantitative estimate of drug-likeness (QED) is 0.847. The number of anilines is 1. The molecule has 0 aliphatic rings. The van der Waals surface area contributed by atoms with E-state index in [-0.39, 0.29) is 22.2 Å². The van der Waals surface area contributed by atoms with E-state index in [9.17, 15) is 12.8 Å². The molecule has 0 bridgehead atoms. The number of thiophene rings is 1. The molecular weight excluding hydrogens is 311 g/mol. The Bertz CT molecular complexity index is 746. The highest BCUT2D eigenvalue weighted by atomic mass is 32.2. The predicted molar refractivity (Wildman–Crippen MR) is 83.3 cm³/mol. The number of halogens is 1. The zero-order chi connectivity index (χ0) is 15.8. The van der Waals surface area contributed by atoms with E-state index in [2.05, 4.69) is 4.72 Å². The van der Waals surface area contributed by atoms with Gasteiger partial charge in [0.25, 0.3) is 0 Å². The first-order chi connectivity index (χ1) is 9.70. The van der Waals surface area contributed by atoms with Crippen LogP contribution in [0.25, 0.3) is 0 Å². The zero-order valence-electron chi connectivity index (χ0n) is 12.0. The molecule has 0 spiro atoms. The number of hydrogen-bond acceptors (Lipinski definition) is 4. The number of nitrogens with two attached hydrogens (primary N) is 1. The molecule has 0 aliphatic carbocycles. The number of nitrogen functional groups attached to an aromatic ring is 1. The number of rotatable bonds is 4. The summed E-state index contributed by atoms with van der Waals surface area (Å²) in [4.78, 5) is 1.83. The monoisotopic (exact) mass is 328 g/mol. The molecule has 2 rings (SSSR count). The van der Waals surface area contributed by atoms with E-state index in [4.69, 9.17) is 5.73 Å². The first kappa shape index (κ1) is 15.9. The van der Waals surface area contributed by atoms with E-state index in [0.29, 0.717) is 0 Å². The average molecular weight is 328 g/mol. The van der Waals surface area contributed by atoms with Crippen LogP contribution in [-0.2, 0) is 10.0 Å². The van der Waals surface area contributed by atoms with Crippen LogP contribution in [0, 0.1) is 19.7 Å². The Morgan fingerprint density at radius 3 is 2.48 bits per heavy atom. The lowest BCUT2D eigenvalue weighted by Crippen LogP contribution is -2.26. The highest BCUT2D eigenvalue weighted by molar-refractivity contribution is 7.89. The number of aryl methyl sites for hydroxylation is 1. The molecule has 1 atom stereocenters. The molecule has 114 valence electrons. The van der Waals surface area contributed by atoms with Gasteiger partial charge in [0, 0.05) is 21.0 Å². The van der Waals surface area contributed by atoms with Crippen LogP contribution in [0.15, 0.2) is 29.2 Å². The van der Waals surface area contributed by atoms with E-state index in [1.807, 2.05) is 19.1 Å². The Kier molecular flexibility index (Phi) is 4.36. The van der Waals surface area contributed by atoms with Gasteiger partial charge in [-0.2, -0.15) is 0 Å². The minimum atomic E-state index is -3.82. The summed E-state index contributed by atoms with van der Waals surface area (Å²) in [6, 6.07) is 5.67. The van der Waals surface area contributed by atoms with Gasteiger partial charge in [0.15, 0.2) is 0 Å². The third-order valence-corrected chi connectivity index (χ3v) is 5.89. The van der Waals surface area contributed by atoms with Gasteiger partial charge in [-0.05, 0) is 45.0 Å². The van der Waals surface area contributed by atoms with Gasteiger partial charge in [-0.3, -0.25) is 0 Å². The molecule has 0 radical (unpaired) electrons. The van der Waals surface area contributed by atoms with Gasteiger partial charge in [-0.15, -0.1) is 11.3 Å². The van der Waals surface area contributed by atoms with Gasteiger partial charge in [0.05, 0.1) is 10.9 Å². The molecule has 0 fully saturated rings. The maximum Gasteiger partial charge on any atom is 0.241 e. The van der Waals surface area contributed by atoms with Crippen molar-refractivity contribution in [3.8, 4) is 0 Å². The van der Waals surface area contributed by atoms with Crippen LogP contribution in [0.5, 0.6) is 0 Å². The van der Waals surface area contributed by atoms with Crippen molar-refractivity contribution >= 4 is 27.0 Å². The third kappa shape index (κ3) is 3.42. The molecule has 0 aliphatic heterocycles. The van der Waals surface area contributed by atoms with Gasteiger partial charge in [0.1, 0.15) is 5.82 Å². The fourth-order valence-electron chi connectivity index (χ4n) is 1.87. The van der Waals surface area contributed by atoms with Crippen LogP contribution in [0.4, 0.5) is 10.1 Å². The Hall–Kier alpha value is -1.44. The summed E-state index contributed by atoms with van der Waals surface area (Å²) < 4.78 is 40.8. The molecule has 4 nitrogen and oxygen atoms in total. The van der Waals surface area contributed by atoms with E-state index in [1.54, 1.807) is 6.92 Å². The highest BCUT2D eigenvalue weighted by Crippen LogP contribution is 2.26. The van der Waals surface area contributed by atoms with E-state index < -0.39 is 15.8 Å². The van der Waals surface area contributed by atoms with Crippen molar-refractivity contribution in [2.45, 2.75) is 31.7 Å². The Morgan fingerprint density at radius 1 is 1.29 bits per heavy atom. The summed E-state index contributed by atoms with van der Waals surface area (Å²) in [5.41, 5.74) is 6.00. The molecule has 7 heteroatoms. The van der Waals surface area contributed by atoms with Crippen LogP contribution < -0.4 is 10.5 Å². The fourth-order valence-corrected chi connectivity index (χ4v) is 4.10. The molecule has 2 aromatic rings. The predicted octanol–water partition coefficient (Wildman–Crippen LogP) is 3.13. The van der Waals surface area contributed by atoms with E-state index >= 15 is 0 Å². The Morgan fingerprint density at radius 2 is 1.95 bits per heavy atom. The van der Waals surface area contributed by atoms with Crippen molar-refractivity contribution in [2.75, 3.05) is 5.73 Å². The lowest BCUT2D eigenvalue weighted by Gasteiger charge is -2.14. The lowest BCUT2D eigenvalue weighted by molar-refractivity contribution is 0.565. The van der Waals surface area contributed by atoms with Crippen LogP contribution in [-0.4, -0.2) is 8.42 Å². The van der Waals surface area contributed by atoms with Crippen molar-refractivity contribution in [3.05, 3.63) is 45.4 Å². The summed E-state index contributed by atoms with van der Waals surface area (Å²) in [5, 5.41) is 0. The number of benzene rings is 1. The molecule has 1 aromatic heterocycles. The van der Waals surface area contributed by atoms with Crippen LogP contribution in [0.3, 0.4) is 0 Å². The summed E-state index contributed by atoms with van der Waals surface area (Å²) in [5.74, 6) is -0.630. The third-order valence-electron chi connectivity index (χ3n) is 3.19. The summed E-state index contributed by atoms with van der Waals surface area (Å²) in [6.07, 6.45) is 0. The average Bonchev–Trinajstić information content (AvgIpc) is 2.81. The van der Waals surface area contributed by atoms with Crippen LogP contribution >= 0.6 is 11.3 Å². The minimum absolute atomic E-state index is 0.120. The molecule has 3 N–H and O–H groups in total. The van der Waals surface area contributed by atoms with Crippen molar-refractivity contribution < 1.29 is 12.8 Å². The molecule has 1 unspecified atom stereocenters. The van der Waals surface area contributed by atoms with Gasteiger partial charge in [-0.25, -0.2) is 17.5 Å². The molecule has 1 heterocycles. The number of nitrogens with one attached hydrogen (secondary N) is 1. The molecular formula is C14H17FN2O2S2. The van der Waals surface area contributed by atoms with Crippen molar-refractivity contribution in [1.82, 2.24) is 4.72 Å². The Labute approximate surface area is 127 Å². The second-order valence-electron chi connectivity index (χ2n) is 4.91. The molecule has 1 aromatic carbocycles. The standard InChI is InChI=1S/C14H17FN2O2S2/c1-8-4-5-14(20-8)10(3)17-21(18,19)11-6-12(15)9(2)13(16)7-11/h4-7,10,17H,16H2,1-3H3. The molecule has 0 amide bonds. The highest BCUT2D eigenvalue weighted by Gasteiger charge is 2.21. The molecule has 0 saturated carbocycles. The van der Waals surface area contributed by atoms with E-state index in [0.717, 1.165) is 15.8 Å². The smallest absolute Gasteiger partial charge is 0.241 e. The SMILES string of the molecule is Cc1ccc(C(C)NS(=O)(=O)c2cc(N)c(C)c(F)c2)s1. The maximum atomic E-state index is 13.7. The molecule has 21 heavy (non-hydrogen) atoms. The summed E-state index contributed by atoms with van der Waals surface area (Å²) >= 11 is 1.51.